The molecule has 1 amide bonds. The minimum absolute atomic E-state index is 0.0138. The van der Waals surface area contributed by atoms with Gasteiger partial charge in [0.15, 0.2) is 5.65 Å². The third-order valence-corrected chi connectivity index (χ3v) is 5.44. The largest absolute Gasteiger partial charge is 0.487 e. The Kier molecular flexibility index (Phi) is 5.57. The number of anilines is 1. The van der Waals surface area contributed by atoms with E-state index < -0.39 is 17.5 Å². The van der Waals surface area contributed by atoms with E-state index in [4.69, 9.17) is 10.00 Å². The van der Waals surface area contributed by atoms with Crippen LogP contribution in [0.25, 0.3) is 22.2 Å². The van der Waals surface area contributed by atoms with Crippen LogP contribution in [-0.4, -0.2) is 35.1 Å². The van der Waals surface area contributed by atoms with Crippen LogP contribution in [0.5, 0.6) is 5.75 Å². The fourth-order valence-electron chi connectivity index (χ4n) is 3.58. The molecule has 2 N–H and O–H groups in total. The fraction of sp³-hybridized carbons (Fsp3) is 0.120. The van der Waals surface area contributed by atoms with Crippen molar-refractivity contribution in [1.82, 2.24) is 15.3 Å². The van der Waals surface area contributed by atoms with Gasteiger partial charge in [-0.3, -0.25) is 4.79 Å². The van der Waals surface area contributed by atoms with Gasteiger partial charge >= 0.3 is 0 Å². The van der Waals surface area contributed by atoms with Gasteiger partial charge in [-0.25, -0.2) is 18.7 Å². The van der Waals surface area contributed by atoms with Gasteiger partial charge in [0.2, 0.25) is 0 Å². The molecule has 4 aromatic rings. The van der Waals surface area contributed by atoms with Crippen molar-refractivity contribution in [2.45, 2.75) is 6.10 Å². The molecule has 9 heteroatoms. The number of nitrogens with one attached hydrogen (secondary N) is 2. The van der Waals surface area contributed by atoms with Crippen LogP contribution in [0.1, 0.15) is 15.9 Å². The number of benzene rings is 2. The lowest BCUT2D eigenvalue weighted by molar-refractivity contribution is 0.102. The van der Waals surface area contributed by atoms with Crippen LogP contribution < -0.4 is 15.4 Å². The monoisotopic (exact) mass is 457 g/mol. The average Bonchev–Trinajstić information content (AvgIpc) is 2.81. The molecular formula is C25H17F2N5O2. The summed E-state index contributed by atoms with van der Waals surface area (Å²) in [5.74, 6) is -1.74. The lowest BCUT2D eigenvalue weighted by atomic mass is 9.99. The minimum atomic E-state index is -0.770. The molecular weight excluding hydrogens is 440 g/mol. The number of hydrogen-bond acceptors (Lipinski definition) is 6. The van der Waals surface area contributed by atoms with Crippen LogP contribution >= 0.6 is 0 Å². The molecule has 2 aromatic heterocycles. The summed E-state index contributed by atoms with van der Waals surface area (Å²) in [6.07, 6.45) is 1.38. The number of aromatic nitrogens is 2. The van der Waals surface area contributed by atoms with Crippen LogP contribution in [0.3, 0.4) is 0 Å². The number of rotatable bonds is 5. The van der Waals surface area contributed by atoms with E-state index in [0.29, 0.717) is 18.7 Å². The Morgan fingerprint density at radius 3 is 2.71 bits per heavy atom. The summed E-state index contributed by atoms with van der Waals surface area (Å²) >= 11 is 0. The third-order valence-electron chi connectivity index (χ3n) is 5.44. The van der Waals surface area contributed by atoms with Crippen molar-refractivity contribution in [2.75, 3.05) is 18.4 Å². The van der Waals surface area contributed by atoms with E-state index in [1.807, 2.05) is 6.07 Å². The van der Waals surface area contributed by atoms with Gasteiger partial charge in [0, 0.05) is 30.2 Å². The van der Waals surface area contributed by atoms with Gasteiger partial charge in [0.1, 0.15) is 35.4 Å². The molecule has 0 spiro atoms. The Morgan fingerprint density at radius 1 is 1.12 bits per heavy atom. The van der Waals surface area contributed by atoms with Crippen molar-refractivity contribution in [2.24, 2.45) is 0 Å². The molecule has 1 aliphatic heterocycles. The average molecular weight is 457 g/mol. The zero-order valence-electron chi connectivity index (χ0n) is 17.7. The van der Waals surface area contributed by atoms with Crippen LogP contribution in [0.15, 0.2) is 60.8 Å². The summed E-state index contributed by atoms with van der Waals surface area (Å²) < 4.78 is 35.4. The van der Waals surface area contributed by atoms with Gasteiger partial charge in [-0.2, -0.15) is 5.26 Å². The molecule has 0 aliphatic carbocycles. The first-order valence-electron chi connectivity index (χ1n) is 10.5. The van der Waals surface area contributed by atoms with Gasteiger partial charge in [-0.1, -0.05) is 6.07 Å². The zero-order valence-corrected chi connectivity index (χ0v) is 17.7. The van der Waals surface area contributed by atoms with Crippen molar-refractivity contribution in [1.29, 1.82) is 5.26 Å². The first kappa shape index (κ1) is 21.4. The van der Waals surface area contributed by atoms with Crippen molar-refractivity contribution in [3.63, 3.8) is 0 Å². The van der Waals surface area contributed by atoms with Crippen molar-refractivity contribution in [3.05, 3.63) is 83.6 Å². The molecule has 0 bridgehead atoms. The summed E-state index contributed by atoms with van der Waals surface area (Å²) in [7, 11) is 0. The maximum atomic E-state index is 15.3. The molecule has 168 valence electrons. The summed E-state index contributed by atoms with van der Waals surface area (Å²) in [5.41, 5.74) is 0.542. The van der Waals surface area contributed by atoms with E-state index >= 15 is 4.39 Å². The molecule has 1 fully saturated rings. The molecule has 7 nitrogen and oxygen atoms in total. The first-order valence-corrected chi connectivity index (χ1v) is 10.5. The Morgan fingerprint density at radius 2 is 1.97 bits per heavy atom. The van der Waals surface area contributed by atoms with Crippen LogP contribution in [-0.2, 0) is 0 Å². The van der Waals surface area contributed by atoms with Crippen molar-refractivity contribution in [3.8, 4) is 22.9 Å². The predicted molar refractivity (Wildman–Crippen MR) is 121 cm³/mol. The second kappa shape index (κ2) is 8.84. The van der Waals surface area contributed by atoms with Crippen molar-refractivity contribution < 1.29 is 18.3 Å². The van der Waals surface area contributed by atoms with E-state index in [2.05, 4.69) is 20.6 Å². The summed E-state index contributed by atoms with van der Waals surface area (Å²) in [6, 6.07) is 15.0. The standard InChI is InChI=1S/C25H17F2N5O2/c26-19-8-15(3-4-16(19)11-28)23-20(27)9-17(10-21(23)34-18-12-29-13-18)25(33)32-22-6-5-14-2-1-7-30-24(14)31-22/h1-10,18,29H,12-13H2,(H,30,31,32,33). The Labute approximate surface area is 193 Å². The molecule has 5 rings (SSSR count). The molecule has 0 unspecified atom stereocenters. The first-order chi connectivity index (χ1) is 16.5. The Bertz CT molecular complexity index is 1460. The molecule has 2 aromatic carbocycles. The molecule has 0 saturated carbocycles. The highest BCUT2D eigenvalue weighted by atomic mass is 19.1. The Hall–Kier alpha value is -4.42. The van der Waals surface area contributed by atoms with E-state index in [1.54, 1.807) is 30.5 Å². The second-order valence-corrected chi connectivity index (χ2v) is 7.74. The lowest BCUT2D eigenvalue weighted by Gasteiger charge is -2.29. The predicted octanol–water partition coefficient (Wildman–Crippen LogP) is 4.05. The third kappa shape index (κ3) is 4.14. The molecule has 34 heavy (non-hydrogen) atoms. The highest BCUT2D eigenvalue weighted by molar-refractivity contribution is 6.05. The topological polar surface area (TPSA) is 99.9 Å². The molecule has 1 saturated heterocycles. The summed E-state index contributed by atoms with van der Waals surface area (Å²) in [5, 5.41) is 15.5. The highest BCUT2D eigenvalue weighted by Crippen LogP contribution is 2.36. The SMILES string of the molecule is N#Cc1ccc(-c2c(F)cc(C(=O)Nc3ccc4cccnc4n3)cc2OC2CNC2)cc1F. The number of hydrogen-bond donors (Lipinski definition) is 2. The van der Waals surface area contributed by atoms with E-state index in [1.165, 1.54) is 18.2 Å². The quantitative estimate of drug-likeness (QED) is 0.469. The van der Waals surface area contributed by atoms with Gasteiger partial charge in [0.25, 0.3) is 5.91 Å². The summed E-state index contributed by atoms with van der Waals surface area (Å²) in [6.45, 7) is 1.13. The molecule has 0 atom stereocenters. The van der Waals surface area contributed by atoms with E-state index in [9.17, 15) is 9.18 Å². The number of pyridine rings is 2. The minimum Gasteiger partial charge on any atom is -0.487 e. The highest BCUT2D eigenvalue weighted by Gasteiger charge is 2.24. The number of ether oxygens (including phenoxy) is 1. The van der Waals surface area contributed by atoms with Crippen LogP contribution in [0.2, 0.25) is 0 Å². The second-order valence-electron chi connectivity index (χ2n) is 7.74. The Balaban J connectivity index is 1.50. The van der Waals surface area contributed by atoms with Crippen LogP contribution in [0.4, 0.5) is 14.6 Å². The number of amides is 1. The summed E-state index contributed by atoms with van der Waals surface area (Å²) in [4.78, 5) is 21.4. The lowest BCUT2D eigenvalue weighted by Crippen LogP contribution is -2.50. The normalized spacial score (nSPS) is 13.2. The number of fused-ring (bicyclic) bond motifs is 1. The zero-order chi connectivity index (χ0) is 23.7. The number of nitriles is 1. The fourth-order valence-corrected chi connectivity index (χ4v) is 3.58. The smallest absolute Gasteiger partial charge is 0.257 e. The maximum absolute atomic E-state index is 15.3. The number of nitrogens with zero attached hydrogens (tertiary/aromatic N) is 3. The number of carbonyl (C=O) groups excluding carboxylic acids is 1. The maximum Gasteiger partial charge on any atom is 0.257 e. The van der Waals surface area contributed by atoms with E-state index in [-0.39, 0.29) is 39.9 Å². The van der Waals surface area contributed by atoms with Gasteiger partial charge < -0.3 is 15.4 Å². The number of halogens is 2. The molecule has 1 aliphatic rings. The van der Waals surface area contributed by atoms with Crippen molar-refractivity contribution >= 4 is 22.8 Å². The number of carbonyl (C=O) groups is 1. The van der Waals surface area contributed by atoms with E-state index in [0.717, 1.165) is 17.5 Å². The molecule has 3 heterocycles. The molecule has 0 radical (unpaired) electrons. The van der Waals surface area contributed by atoms with Gasteiger partial charge in [0.05, 0.1) is 11.1 Å². The van der Waals surface area contributed by atoms with Gasteiger partial charge in [-0.15, -0.1) is 0 Å². The van der Waals surface area contributed by atoms with Gasteiger partial charge in [-0.05, 0) is 54.1 Å². The van der Waals surface area contributed by atoms with Crippen LogP contribution in [0, 0.1) is 23.0 Å².